The third-order valence-corrected chi connectivity index (χ3v) is 3.13. The summed E-state index contributed by atoms with van der Waals surface area (Å²) in [5, 5.41) is 8.78. The van der Waals surface area contributed by atoms with Crippen molar-refractivity contribution >= 4 is 23.6 Å². The van der Waals surface area contributed by atoms with Gasteiger partial charge in [0, 0.05) is 16.6 Å². The van der Waals surface area contributed by atoms with Crippen LogP contribution in [-0.2, 0) is 0 Å². The number of aromatic carboxylic acids is 1. The number of aldehydes is 1. The molecule has 0 atom stereocenters. The molecule has 2 rings (SSSR count). The molecule has 0 fully saturated rings. The quantitative estimate of drug-likeness (QED) is 0.826. The summed E-state index contributed by atoms with van der Waals surface area (Å²) in [5.41, 5.74) is 1.17. The van der Waals surface area contributed by atoms with E-state index in [0.29, 0.717) is 12.0 Å². The fourth-order valence-electron chi connectivity index (χ4n) is 1.23. The van der Waals surface area contributed by atoms with Gasteiger partial charge in [-0.15, -0.1) is 11.3 Å². The number of carboxylic acid groups (broad SMARTS) is 1. The Balaban J connectivity index is 2.35. The average molecular weight is 233 g/mol. The lowest BCUT2D eigenvalue weighted by Gasteiger charge is -1.95. The molecule has 0 aromatic carbocycles. The normalized spacial score (nSPS) is 10.0. The zero-order valence-corrected chi connectivity index (χ0v) is 8.90. The van der Waals surface area contributed by atoms with Crippen molar-refractivity contribution in [2.75, 3.05) is 0 Å². The first-order valence-electron chi connectivity index (χ1n) is 4.45. The number of carbonyl (C=O) groups is 2. The van der Waals surface area contributed by atoms with Gasteiger partial charge in [-0.1, -0.05) is 0 Å². The summed E-state index contributed by atoms with van der Waals surface area (Å²) in [6.07, 6.45) is 2.22. The van der Waals surface area contributed by atoms with E-state index in [4.69, 9.17) is 5.11 Å². The second kappa shape index (κ2) is 4.24. The molecular formula is C11H7NO3S. The van der Waals surface area contributed by atoms with E-state index in [9.17, 15) is 9.59 Å². The van der Waals surface area contributed by atoms with Crippen molar-refractivity contribution in [3.63, 3.8) is 0 Å². The van der Waals surface area contributed by atoms with Crippen molar-refractivity contribution in [2.45, 2.75) is 0 Å². The van der Waals surface area contributed by atoms with Crippen LogP contribution in [0.15, 0.2) is 30.5 Å². The fraction of sp³-hybridized carbons (Fsp3) is 0. The van der Waals surface area contributed by atoms with Crippen molar-refractivity contribution in [3.8, 4) is 10.4 Å². The van der Waals surface area contributed by atoms with E-state index in [2.05, 4.69) is 4.98 Å². The molecule has 2 aromatic rings. The molecule has 0 aliphatic carbocycles. The van der Waals surface area contributed by atoms with Crippen LogP contribution in [0.2, 0.25) is 0 Å². The maximum absolute atomic E-state index is 10.7. The lowest BCUT2D eigenvalue weighted by Crippen LogP contribution is -1.89. The van der Waals surface area contributed by atoms with Crippen LogP contribution in [-0.4, -0.2) is 22.3 Å². The Labute approximate surface area is 95.2 Å². The highest BCUT2D eigenvalue weighted by Crippen LogP contribution is 2.27. The standard InChI is InChI=1S/C11H7NO3S/c13-6-8-2-1-7(5-12-8)9-3-4-10(16-9)11(14)15/h1-6H,(H,14,15). The number of carboxylic acids is 1. The Morgan fingerprint density at radius 3 is 2.62 bits per heavy atom. The zero-order chi connectivity index (χ0) is 11.5. The molecule has 0 saturated heterocycles. The lowest BCUT2D eigenvalue weighted by molar-refractivity contribution is 0.0702. The molecule has 2 aromatic heterocycles. The molecule has 0 aliphatic rings. The van der Waals surface area contributed by atoms with Crippen LogP contribution >= 0.6 is 11.3 Å². The number of pyridine rings is 1. The average Bonchev–Trinajstić information content (AvgIpc) is 2.78. The van der Waals surface area contributed by atoms with Gasteiger partial charge >= 0.3 is 5.97 Å². The Hall–Kier alpha value is -2.01. The summed E-state index contributed by atoms with van der Waals surface area (Å²) < 4.78 is 0. The van der Waals surface area contributed by atoms with E-state index in [-0.39, 0.29) is 4.88 Å². The first-order chi connectivity index (χ1) is 7.70. The number of hydrogen-bond acceptors (Lipinski definition) is 4. The third-order valence-electron chi connectivity index (χ3n) is 2.01. The Morgan fingerprint density at radius 2 is 2.12 bits per heavy atom. The van der Waals surface area contributed by atoms with E-state index in [1.807, 2.05) is 0 Å². The second-order valence-corrected chi connectivity index (χ2v) is 4.14. The van der Waals surface area contributed by atoms with Gasteiger partial charge in [-0.05, 0) is 24.3 Å². The van der Waals surface area contributed by atoms with Crippen LogP contribution in [0.4, 0.5) is 0 Å². The summed E-state index contributed by atoms with van der Waals surface area (Å²) in [6, 6.07) is 6.62. The Morgan fingerprint density at radius 1 is 1.31 bits per heavy atom. The van der Waals surface area contributed by atoms with Crippen molar-refractivity contribution in [2.24, 2.45) is 0 Å². The number of thiophene rings is 1. The first kappa shape index (κ1) is 10.5. The minimum absolute atomic E-state index is 0.287. The van der Waals surface area contributed by atoms with E-state index in [1.54, 1.807) is 30.5 Å². The number of rotatable bonds is 3. The van der Waals surface area contributed by atoms with Crippen LogP contribution in [0.5, 0.6) is 0 Å². The van der Waals surface area contributed by atoms with Crippen LogP contribution in [0.3, 0.4) is 0 Å². The highest BCUT2D eigenvalue weighted by atomic mass is 32.1. The molecule has 0 unspecified atom stereocenters. The minimum atomic E-state index is -0.936. The van der Waals surface area contributed by atoms with Crippen LogP contribution < -0.4 is 0 Å². The van der Waals surface area contributed by atoms with Gasteiger partial charge in [-0.3, -0.25) is 9.78 Å². The molecule has 80 valence electrons. The van der Waals surface area contributed by atoms with Gasteiger partial charge in [-0.2, -0.15) is 0 Å². The smallest absolute Gasteiger partial charge is 0.345 e. The molecule has 0 aliphatic heterocycles. The molecule has 0 amide bonds. The summed E-state index contributed by atoms with van der Waals surface area (Å²) in [6.45, 7) is 0. The molecule has 0 bridgehead atoms. The zero-order valence-electron chi connectivity index (χ0n) is 8.08. The van der Waals surface area contributed by atoms with E-state index in [1.165, 1.54) is 11.3 Å². The molecule has 0 spiro atoms. The van der Waals surface area contributed by atoms with Gasteiger partial charge in [0.25, 0.3) is 0 Å². The van der Waals surface area contributed by atoms with Gasteiger partial charge in [0.1, 0.15) is 10.6 Å². The molecule has 16 heavy (non-hydrogen) atoms. The molecular weight excluding hydrogens is 226 g/mol. The van der Waals surface area contributed by atoms with Crippen molar-refractivity contribution in [1.82, 2.24) is 4.98 Å². The Kier molecular flexibility index (Phi) is 2.78. The van der Waals surface area contributed by atoms with Gasteiger partial charge in [-0.25, -0.2) is 4.79 Å². The predicted octanol–water partition coefficient (Wildman–Crippen LogP) is 2.32. The van der Waals surface area contributed by atoms with Crippen molar-refractivity contribution in [1.29, 1.82) is 0 Å². The fourth-order valence-corrected chi connectivity index (χ4v) is 2.06. The van der Waals surface area contributed by atoms with E-state index < -0.39 is 5.97 Å². The SMILES string of the molecule is O=Cc1ccc(-c2ccc(C(=O)O)s2)cn1. The van der Waals surface area contributed by atoms with Gasteiger partial charge < -0.3 is 5.11 Å². The predicted molar refractivity (Wildman–Crippen MR) is 59.9 cm³/mol. The molecule has 2 heterocycles. The minimum Gasteiger partial charge on any atom is -0.477 e. The molecule has 5 heteroatoms. The van der Waals surface area contributed by atoms with Crippen molar-refractivity contribution < 1.29 is 14.7 Å². The molecule has 0 radical (unpaired) electrons. The highest BCUT2D eigenvalue weighted by molar-refractivity contribution is 7.17. The van der Waals surface area contributed by atoms with Crippen LogP contribution in [0, 0.1) is 0 Å². The largest absolute Gasteiger partial charge is 0.477 e. The second-order valence-electron chi connectivity index (χ2n) is 3.06. The van der Waals surface area contributed by atoms with Gasteiger partial charge in [0.15, 0.2) is 6.29 Å². The van der Waals surface area contributed by atoms with Crippen molar-refractivity contribution in [3.05, 3.63) is 41.0 Å². The number of carbonyl (C=O) groups excluding carboxylic acids is 1. The number of aromatic nitrogens is 1. The van der Waals surface area contributed by atoms with Gasteiger partial charge in [0.05, 0.1) is 0 Å². The molecule has 1 N–H and O–H groups in total. The van der Waals surface area contributed by atoms with Gasteiger partial charge in [0.2, 0.25) is 0 Å². The number of nitrogens with zero attached hydrogens (tertiary/aromatic N) is 1. The van der Waals surface area contributed by atoms with E-state index >= 15 is 0 Å². The lowest BCUT2D eigenvalue weighted by atomic mass is 10.2. The summed E-state index contributed by atoms with van der Waals surface area (Å²) in [4.78, 5) is 26.1. The van der Waals surface area contributed by atoms with E-state index in [0.717, 1.165) is 10.4 Å². The maximum Gasteiger partial charge on any atom is 0.345 e. The molecule has 4 nitrogen and oxygen atoms in total. The summed E-state index contributed by atoms with van der Waals surface area (Å²) in [5.74, 6) is -0.936. The molecule has 0 saturated carbocycles. The highest BCUT2D eigenvalue weighted by Gasteiger charge is 2.08. The topological polar surface area (TPSA) is 67.3 Å². The third kappa shape index (κ3) is 1.99. The monoisotopic (exact) mass is 233 g/mol. The summed E-state index contributed by atoms with van der Waals surface area (Å²) >= 11 is 1.18. The van der Waals surface area contributed by atoms with Crippen LogP contribution in [0.1, 0.15) is 20.2 Å². The number of hydrogen-bond donors (Lipinski definition) is 1. The maximum atomic E-state index is 10.7. The van der Waals surface area contributed by atoms with Crippen LogP contribution in [0.25, 0.3) is 10.4 Å². The summed E-state index contributed by atoms with van der Waals surface area (Å²) in [7, 11) is 0. The first-order valence-corrected chi connectivity index (χ1v) is 5.27. The Bertz CT molecular complexity index is 530.